The molecule has 0 aliphatic heterocycles. The van der Waals surface area contributed by atoms with Crippen LogP contribution in [-0.2, 0) is 4.79 Å². The summed E-state index contributed by atoms with van der Waals surface area (Å²) >= 11 is 0. The minimum atomic E-state index is -5.85. The van der Waals surface area contributed by atoms with E-state index in [0.717, 1.165) is 6.20 Å². The van der Waals surface area contributed by atoms with Crippen LogP contribution in [0, 0.1) is 0 Å². The van der Waals surface area contributed by atoms with E-state index in [2.05, 4.69) is 0 Å². The molecule has 0 aromatic carbocycles. The molecule has 0 radical (unpaired) electrons. The summed E-state index contributed by atoms with van der Waals surface area (Å²) in [6, 6.07) is 0. The molecule has 14 heavy (non-hydrogen) atoms. The number of allylic oxidation sites excluding steroid dienone is 1. The summed E-state index contributed by atoms with van der Waals surface area (Å²) in [4.78, 5) is 11.6. The van der Waals surface area contributed by atoms with Gasteiger partial charge in [0, 0.05) is 26.4 Å². The number of alkyl halides is 5. The molecule has 0 spiro atoms. The lowest BCUT2D eigenvalue weighted by Gasteiger charge is -2.16. The van der Waals surface area contributed by atoms with Crippen LogP contribution in [0.25, 0.3) is 0 Å². The lowest BCUT2D eigenvalue weighted by atomic mass is 10.2. The average molecular weight is 217 g/mol. The van der Waals surface area contributed by atoms with Crippen LogP contribution in [0.3, 0.4) is 0 Å². The Kier molecular flexibility index (Phi) is 3.61. The van der Waals surface area contributed by atoms with Crippen LogP contribution in [0.4, 0.5) is 22.0 Å². The fraction of sp³-hybridized carbons (Fsp3) is 0.571. The lowest BCUT2D eigenvalue weighted by Crippen LogP contribution is -2.43. The Hall–Kier alpha value is -1.14. The number of nitrogens with zero attached hydrogens (tertiary/aromatic N) is 1. The molecule has 0 N–H and O–H groups in total. The van der Waals surface area contributed by atoms with Crippen molar-refractivity contribution in [2.24, 2.45) is 0 Å². The molecule has 0 saturated heterocycles. The topological polar surface area (TPSA) is 20.3 Å². The van der Waals surface area contributed by atoms with Gasteiger partial charge in [-0.1, -0.05) is 0 Å². The molecule has 0 unspecified atom stereocenters. The van der Waals surface area contributed by atoms with Crippen LogP contribution in [-0.4, -0.2) is 36.9 Å². The predicted molar refractivity (Wildman–Crippen MR) is 38.8 cm³/mol. The first-order valence-electron chi connectivity index (χ1n) is 3.42. The third kappa shape index (κ3) is 2.97. The Morgan fingerprint density at radius 1 is 1.14 bits per heavy atom. The molecular formula is C7H8F5NO. The van der Waals surface area contributed by atoms with E-state index in [1.54, 1.807) is 0 Å². The van der Waals surface area contributed by atoms with Gasteiger partial charge in [0.25, 0.3) is 0 Å². The molecule has 0 amide bonds. The highest BCUT2D eigenvalue weighted by Gasteiger charge is 2.62. The van der Waals surface area contributed by atoms with Gasteiger partial charge in [0.1, 0.15) is 0 Å². The molecule has 0 aliphatic rings. The van der Waals surface area contributed by atoms with Gasteiger partial charge < -0.3 is 4.90 Å². The molecule has 82 valence electrons. The normalized spacial score (nSPS) is 13.4. The number of hydrogen-bond acceptors (Lipinski definition) is 2. The Labute approximate surface area is 77.0 Å². The van der Waals surface area contributed by atoms with Crippen molar-refractivity contribution in [2.45, 2.75) is 12.1 Å². The van der Waals surface area contributed by atoms with Gasteiger partial charge in [-0.2, -0.15) is 22.0 Å². The molecule has 0 rings (SSSR count). The Morgan fingerprint density at radius 3 is 1.86 bits per heavy atom. The third-order valence-corrected chi connectivity index (χ3v) is 1.19. The predicted octanol–water partition coefficient (Wildman–Crippen LogP) is 1.83. The SMILES string of the molecule is CN(C)/C=C/C(=O)C(F)(F)C(F)(F)F. The van der Waals surface area contributed by atoms with Crippen molar-refractivity contribution in [3.05, 3.63) is 12.3 Å². The Bertz CT molecular complexity index is 243. The maximum atomic E-state index is 12.2. The van der Waals surface area contributed by atoms with E-state index in [1.807, 2.05) is 0 Å². The maximum Gasteiger partial charge on any atom is 0.461 e. The van der Waals surface area contributed by atoms with Crippen LogP contribution < -0.4 is 0 Å². The van der Waals surface area contributed by atoms with Gasteiger partial charge >= 0.3 is 12.1 Å². The molecule has 0 fully saturated rings. The van der Waals surface area contributed by atoms with Gasteiger partial charge in [-0.15, -0.1) is 0 Å². The van der Waals surface area contributed by atoms with Crippen molar-refractivity contribution < 1.29 is 26.7 Å². The van der Waals surface area contributed by atoms with Gasteiger partial charge in [-0.25, -0.2) is 0 Å². The summed E-state index contributed by atoms with van der Waals surface area (Å²) in [6.45, 7) is 0. The number of rotatable bonds is 3. The average Bonchev–Trinajstić information content (AvgIpc) is 1.97. The second-order valence-electron chi connectivity index (χ2n) is 2.72. The fourth-order valence-electron chi connectivity index (χ4n) is 0.461. The highest BCUT2D eigenvalue weighted by molar-refractivity contribution is 5.96. The first-order chi connectivity index (χ1) is 6.09. The van der Waals surface area contributed by atoms with Crippen molar-refractivity contribution in [3.8, 4) is 0 Å². The summed E-state index contributed by atoms with van der Waals surface area (Å²) in [5.74, 6) is -7.60. The second-order valence-corrected chi connectivity index (χ2v) is 2.72. The van der Waals surface area contributed by atoms with Crippen molar-refractivity contribution in [2.75, 3.05) is 14.1 Å². The Morgan fingerprint density at radius 2 is 1.57 bits per heavy atom. The summed E-state index contributed by atoms with van der Waals surface area (Å²) in [7, 11) is 2.77. The zero-order valence-corrected chi connectivity index (χ0v) is 7.40. The van der Waals surface area contributed by atoms with E-state index in [-0.39, 0.29) is 6.08 Å². The number of ketones is 1. The minimum Gasteiger partial charge on any atom is -0.383 e. The van der Waals surface area contributed by atoms with E-state index >= 15 is 0 Å². The van der Waals surface area contributed by atoms with E-state index in [9.17, 15) is 26.7 Å². The first-order valence-corrected chi connectivity index (χ1v) is 3.42. The van der Waals surface area contributed by atoms with E-state index in [1.165, 1.54) is 19.0 Å². The quantitative estimate of drug-likeness (QED) is 0.531. The number of hydrogen-bond donors (Lipinski definition) is 0. The van der Waals surface area contributed by atoms with Crippen LogP contribution in [0.1, 0.15) is 0 Å². The highest BCUT2D eigenvalue weighted by atomic mass is 19.4. The molecule has 2 nitrogen and oxygen atoms in total. The lowest BCUT2D eigenvalue weighted by molar-refractivity contribution is -0.266. The molecule has 0 aliphatic carbocycles. The van der Waals surface area contributed by atoms with Crippen LogP contribution >= 0.6 is 0 Å². The number of carbonyl (C=O) groups excluding carboxylic acids is 1. The number of halogens is 5. The van der Waals surface area contributed by atoms with Gasteiger partial charge in [0.15, 0.2) is 0 Å². The second kappa shape index (κ2) is 3.93. The molecule has 0 saturated carbocycles. The summed E-state index contributed by atoms with van der Waals surface area (Å²) in [6.07, 6.45) is -4.84. The van der Waals surface area contributed by atoms with Crippen molar-refractivity contribution >= 4 is 5.78 Å². The molecule has 7 heteroatoms. The van der Waals surface area contributed by atoms with Crippen LogP contribution in [0.15, 0.2) is 12.3 Å². The largest absolute Gasteiger partial charge is 0.461 e. The monoisotopic (exact) mass is 217 g/mol. The molecule has 0 aromatic heterocycles. The molecule has 0 heterocycles. The highest BCUT2D eigenvalue weighted by Crippen LogP contribution is 2.36. The molecule has 0 atom stereocenters. The molecular weight excluding hydrogens is 209 g/mol. The summed E-state index contributed by atoms with van der Waals surface area (Å²) < 4.78 is 59.2. The Balaban J connectivity index is 4.69. The van der Waals surface area contributed by atoms with Gasteiger partial charge in [-0.3, -0.25) is 4.79 Å². The molecule has 0 bridgehead atoms. The van der Waals surface area contributed by atoms with Crippen molar-refractivity contribution in [1.29, 1.82) is 0 Å². The van der Waals surface area contributed by atoms with Gasteiger partial charge in [-0.05, 0) is 0 Å². The fourth-order valence-corrected chi connectivity index (χ4v) is 0.461. The molecule has 0 aromatic rings. The maximum absolute atomic E-state index is 12.2. The zero-order chi connectivity index (χ0) is 11.6. The van der Waals surface area contributed by atoms with E-state index in [0.29, 0.717) is 0 Å². The van der Waals surface area contributed by atoms with Gasteiger partial charge in [0.05, 0.1) is 0 Å². The van der Waals surface area contributed by atoms with Crippen LogP contribution in [0.5, 0.6) is 0 Å². The van der Waals surface area contributed by atoms with E-state index < -0.39 is 17.9 Å². The van der Waals surface area contributed by atoms with E-state index in [4.69, 9.17) is 0 Å². The minimum absolute atomic E-state index is 0.188. The van der Waals surface area contributed by atoms with Crippen molar-refractivity contribution in [3.63, 3.8) is 0 Å². The summed E-state index contributed by atoms with van der Waals surface area (Å²) in [5.41, 5.74) is 0. The number of carbonyl (C=O) groups is 1. The van der Waals surface area contributed by atoms with Crippen LogP contribution in [0.2, 0.25) is 0 Å². The van der Waals surface area contributed by atoms with Gasteiger partial charge in [0.2, 0.25) is 5.78 Å². The standard InChI is InChI=1S/C7H8F5NO/c1-13(2)4-3-5(14)6(8,9)7(10,11)12/h3-4H,1-2H3/b4-3+. The first kappa shape index (κ1) is 12.9. The smallest absolute Gasteiger partial charge is 0.383 e. The third-order valence-electron chi connectivity index (χ3n) is 1.19. The van der Waals surface area contributed by atoms with Crippen molar-refractivity contribution in [1.82, 2.24) is 4.90 Å². The summed E-state index contributed by atoms with van der Waals surface area (Å²) in [5, 5.41) is 0. The zero-order valence-electron chi connectivity index (χ0n) is 7.40.